The Balaban J connectivity index is 1.91. The second kappa shape index (κ2) is 6.87. The summed E-state index contributed by atoms with van der Waals surface area (Å²) in [6.07, 6.45) is 3.64. The number of nitrogens with zero attached hydrogens (tertiary/aromatic N) is 1. The highest BCUT2D eigenvalue weighted by molar-refractivity contribution is 6.31. The molecule has 0 saturated heterocycles. The molecule has 0 aliphatic heterocycles. The molecule has 0 saturated carbocycles. The SMILES string of the molecule is CC(C)(C)c1cc(-n2c3cc(Cl)ccc3c3cc4c(cc32)CCC4)cc(C(C)(C)C)c1. The Morgan fingerprint density at radius 3 is 1.87 bits per heavy atom. The topological polar surface area (TPSA) is 4.93 Å². The summed E-state index contributed by atoms with van der Waals surface area (Å²) >= 11 is 6.50. The van der Waals surface area contributed by atoms with Crippen LogP contribution >= 0.6 is 11.6 Å². The van der Waals surface area contributed by atoms with Crippen LogP contribution in [-0.4, -0.2) is 4.57 Å². The van der Waals surface area contributed by atoms with Crippen LogP contribution in [0.15, 0.2) is 48.5 Å². The molecule has 0 spiro atoms. The van der Waals surface area contributed by atoms with E-state index in [4.69, 9.17) is 11.6 Å². The minimum Gasteiger partial charge on any atom is -0.309 e. The van der Waals surface area contributed by atoms with Crippen molar-refractivity contribution in [3.63, 3.8) is 0 Å². The summed E-state index contributed by atoms with van der Waals surface area (Å²) in [5, 5.41) is 3.41. The Morgan fingerprint density at radius 1 is 0.677 bits per heavy atom. The molecule has 1 heterocycles. The molecule has 5 rings (SSSR count). The van der Waals surface area contributed by atoms with Gasteiger partial charge in [-0.25, -0.2) is 0 Å². The van der Waals surface area contributed by atoms with Crippen molar-refractivity contribution in [3.8, 4) is 5.69 Å². The molecule has 2 heteroatoms. The zero-order chi connectivity index (χ0) is 22.1. The summed E-state index contributed by atoms with van der Waals surface area (Å²) in [5.74, 6) is 0. The minimum absolute atomic E-state index is 0.0770. The van der Waals surface area contributed by atoms with E-state index in [-0.39, 0.29) is 10.8 Å². The average Bonchev–Trinajstić information content (AvgIpc) is 3.25. The zero-order valence-electron chi connectivity index (χ0n) is 19.6. The molecular formula is C29H32ClN. The van der Waals surface area contributed by atoms with E-state index in [9.17, 15) is 0 Å². The maximum Gasteiger partial charge on any atom is 0.0555 e. The predicted octanol–water partition coefficient (Wildman–Crippen LogP) is 8.52. The van der Waals surface area contributed by atoms with Gasteiger partial charge in [0.25, 0.3) is 0 Å². The fourth-order valence-electron chi connectivity index (χ4n) is 4.94. The van der Waals surface area contributed by atoms with Crippen molar-refractivity contribution < 1.29 is 0 Å². The zero-order valence-corrected chi connectivity index (χ0v) is 20.3. The summed E-state index contributed by atoms with van der Waals surface area (Å²) in [4.78, 5) is 0. The predicted molar refractivity (Wildman–Crippen MR) is 135 cm³/mol. The van der Waals surface area contributed by atoms with E-state index in [0.717, 1.165) is 5.02 Å². The summed E-state index contributed by atoms with van der Waals surface area (Å²) in [5.41, 5.74) is 9.63. The molecule has 160 valence electrons. The number of aryl methyl sites for hydroxylation is 2. The number of hydrogen-bond donors (Lipinski definition) is 0. The smallest absolute Gasteiger partial charge is 0.0555 e. The van der Waals surface area contributed by atoms with Gasteiger partial charge in [-0.05, 0) is 88.7 Å². The van der Waals surface area contributed by atoms with Gasteiger partial charge in [-0.3, -0.25) is 0 Å². The van der Waals surface area contributed by atoms with Crippen LogP contribution in [0, 0.1) is 0 Å². The van der Waals surface area contributed by atoms with Gasteiger partial charge in [-0.1, -0.05) is 65.3 Å². The summed E-state index contributed by atoms with van der Waals surface area (Å²) in [7, 11) is 0. The highest BCUT2D eigenvalue weighted by atomic mass is 35.5. The van der Waals surface area contributed by atoms with E-state index < -0.39 is 0 Å². The number of halogens is 1. The van der Waals surface area contributed by atoms with Gasteiger partial charge in [-0.2, -0.15) is 0 Å². The van der Waals surface area contributed by atoms with Crippen LogP contribution in [0.3, 0.4) is 0 Å². The Hall–Kier alpha value is -2.25. The first kappa shape index (κ1) is 20.6. The largest absolute Gasteiger partial charge is 0.309 e. The molecule has 0 N–H and O–H groups in total. The molecule has 1 aromatic heterocycles. The number of hydrogen-bond acceptors (Lipinski definition) is 0. The van der Waals surface area contributed by atoms with Crippen molar-refractivity contribution in [2.24, 2.45) is 0 Å². The lowest BCUT2D eigenvalue weighted by atomic mass is 9.80. The van der Waals surface area contributed by atoms with E-state index in [1.807, 2.05) is 6.07 Å². The van der Waals surface area contributed by atoms with Gasteiger partial charge in [0.1, 0.15) is 0 Å². The molecule has 0 amide bonds. The van der Waals surface area contributed by atoms with Crippen molar-refractivity contribution in [1.29, 1.82) is 0 Å². The lowest BCUT2D eigenvalue weighted by Crippen LogP contribution is -2.17. The van der Waals surface area contributed by atoms with Crippen molar-refractivity contribution in [2.45, 2.75) is 71.6 Å². The van der Waals surface area contributed by atoms with Crippen LogP contribution in [0.5, 0.6) is 0 Å². The first-order valence-electron chi connectivity index (χ1n) is 11.4. The van der Waals surface area contributed by atoms with E-state index >= 15 is 0 Å². The Bertz CT molecular complexity index is 1290. The Labute approximate surface area is 191 Å². The highest BCUT2D eigenvalue weighted by Crippen LogP contribution is 2.39. The van der Waals surface area contributed by atoms with Gasteiger partial charge in [0.15, 0.2) is 0 Å². The van der Waals surface area contributed by atoms with Crippen LogP contribution < -0.4 is 0 Å². The molecule has 1 aliphatic rings. The minimum atomic E-state index is 0.0770. The third-order valence-corrected chi connectivity index (χ3v) is 7.09. The van der Waals surface area contributed by atoms with Crippen LogP contribution in [0.1, 0.15) is 70.2 Å². The molecule has 0 fully saturated rings. The average molecular weight is 430 g/mol. The van der Waals surface area contributed by atoms with E-state index in [0.29, 0.717) is 0 Å². The van der Waals surface area contributed by atoms with Gasteiger partial charge >= 0.3 is 0 Å². The van der Waals surface area contributed by atoms with Crippen LogP contribution in [0.4, 0.5) is 0 Å². The molecule has 1 nitrogen and oxygen atoms in total. The first-order valence-corrected chi connectivity index (χ1v) is 11.8. The fourth-order valence-corrected chi connectivity index (χ4v) is 5.11. The molecule has 0 atom stereocenters. The van der Waals surface area contributed by atoms with Crippen molar-refractivity contribution in [1.82, 2.24) is 4.57 Å². The lowest BCUT2D eigenvalue weighted by Gasteiger charge is -2.26. The van der Waals surface area contributed by atoms with E-state index in [1.54, 1.807) is 0 Å². The standard InChI is InChI=1S/C29H32ClN/c1-28(2,3)20-14-21(29(4,5)6)16-23(15-20)31-26-13-19-9-7-8-18(19)12-25(26)24-11-10-22(30)17-27(24)31/h10-17H,7-9H2,1-6H3. The summed E-state index contributed by atoms with van der Waals surface area (Å²) in [6, 6.07) is 18.4. The first-order chi connectivity index (χ1) is 14.5. The van der Waals surface area contributed by atoms with Gasteiger partial charge in [0.2, 0.25) is 0 Å². The molecular weight excluding hydrogens is 398 g/mol. The Kier molecular flexibility index (Phi) is 4.58. The second-order valence-electron chi connectivity index (χ2n) is 11.3. The molecule has 0 radical (unpaired) electrons. The summed E-state index contributed by atoms with van der Waals surface area (Å²) < 4.78 is 2.44. The number of benzene rings is 3. The van der Waals surface area contributed by atoms with Gasteiger partial charge in [-0.15, -0.1) is 0 Å². The Morgan fingerprint density at radius 2 is 1.26 bits per heavy atom. The van der Waals surface area contributed by atoms with Crippen molar-refractivity contribution in [3.05, 3.63) is 75.8 Å². The third kappa shape index (κ3) is 3.48. The maximum atomic E-state index is 6.50. The van der Waals surface area contributed by atoms with E-state index in [1.165, 1.54) is 69.0 Å². The van der Waals surface area contributed by atoms with Crippen molar-refractivity contribution >= 4 is 33.4 Å². The van der Waals surface area contributed by atoms with Crippen LogP contribution in [-0.2, 0) is 23.7 Å². The second-order valence-corrected chi connectivity index (χ2v) is 11.7. The quantitative estimate of drug-likeness (QED) is 0.285. The highest BCUT2D eigenvalue weighted by Gasteiger charge is 2.23. The van der Waals surface area contributed by atoms with Crippen molar-refractivity contribution in [2.75, 3.05) is 0 Å². The summed E-state index contributed by atoms with van der Waals surface area (Å²) in [6.45, 7) is 13.8. The fraction of sp³-hybridized carbons (Fsp3) is 0.379. The van der Waals surface area contributed by atoms with Crippen LogP contribution in [0.2, 0.25) is 5.02 Å². The third-order valence-electron chi connectivity index (χ3n) is 6.85. The van der Waals surface area contributed by atoms with E-state index in [2.05, 4.69) is 88.6 Å². The van der Waals surface area contributed by atoms with Gasteiger partial charge in [0.05, 0.1) is 11.0 Å². The molecule has 1 aliphatic carbocycles. The molecule has 31 heavy (non-hydrogen) atoms. The molecule has 0 unspecified atom stereocenters. The lowest BCUT2D eigenvalue weighted by molar-refractivity contribution is 0.568. The van der Waals surface area contributed by atoms with Gasteiger partial charge < -0.3 is 4.57 Å². The van der Waals surface area contributed by atoms with Crippen LogP contribution in [0.25, 0.3) is 27.5 Å². The number of rotatable bonds is 1. The normalized spacial score (nSPS) is 14.5. The van der Waals surface area contributed by atoms with Gasteiger partial charge in [0, 0.05) is 21.5 Å². The molecule has 3 aromatic carbocycles. The maximum absolute atomic E-state index is 6.50. The molecule has 4 aromatic rings. The monoisotopic (exact) mass is 429 g/mol. The molecule has 0 bridgehead atoms. The number of aromatic nitrogens is 1. The number of fused-ring (bicyclic) bond motifs is 4.